The van der Waals surface area contributed by atoms with Crippen LogP contribution >= 0.6 is 0 Å². The van der Waals surface area contributed by atoms with Crippen LogP contribution in [0.2, 0.25) is 0 Å². The van der Waals surface area contributed by atoms with E-state index in [1.165, 1.54) is 0 Å². The molecule has 15 aliphatic rings. The molecule has 0 N–H and O–H groups in total. The Balaban J connectivity index is 0.000000125. The Bertz CT molecular complexity index is 3120. The number of esters is 10. The van der Waals surface area contributed by atoms with Gasteiger partial charge >= 0.3 is 59.7 Å². The molecule has 5 saturated heterocycles. The Hall–Kier alpha value is -5.30. The molecular weight excluding hydrogens is 1270 g/mol. The van der Waals surface area contributed by atoms with E-state index in [2.05, 4.69) is 0 Å². The maximum atomic E-state index is 12.3. The van der Waals surface area contributed by atoms with Crippen molar-refractivity contribution in [1.82, 2.24) is 0 Å². The molecule has 0 amide bonds. The number of rotatable bonds is 15. The number of hydrogen-bond acceptors (Lipinski definition) is 20. The molecular formula is C79H118O20. The molecule has 0 aromatic carbocycles. The molecule has 21 unspecified atom stereocenters. The third-order valence-electron chi connectivity index (χ3n) is 28.9. The van der Waals surface area contributed by atoms with E-state index in [4.69, 9.17) is 47.4 Å². The Morgan fingerprint density at radius 1 is 0.394 bits per heavy atom. The van der Waals surface area contributed by atoms with E-state index in [-0.39, 0.29) is 130 Å². The smallest absolute Gasteiger partial charge is 0.312 e. The number of ether oxygens (including phenoxy) is 10. The average molecular weight is 1390 g/mol. The first-order valence-corrected chi connectivity index (χ1v) is 38.3. The van der Waals surface area contributed by atoms with Crippen LogP contribution < -0.4 is 0 Å². The number of fused-ring (bicyclic) bond motifs is 17. The van der Waals surface area contributed by atoms with Gasteiger partial charge in [-0.2, -0.15) is 0 Å². The molecule has 20 heteroatoms. The van der Waals surface area contributed by atoms with E-state index < -0.39 is 27.1 Å². The van der Waals surface area contributed by atoms with Crippen LogP contribution in [-0.2, 0) is 95.3 Å². The summed E-state index contributed by atoms with van der Waals surface area (Å²) in [6.45, 7) is 32.0. The van der Waals surface area contributed by atoms with Gasteiger partial charge in [0.2, 0.25) is 0 Å². The van der Waals surface area contributed by atoms with Gasteiger partial charge in [-0.3, -0.25) is 47.9 Å². The van der Waals surface area contributed by atoms with Gasteiger partial charge < -0.3 is 47.4 Å². The number of hydrogen-bond donors (Lipinski definition) is 0. The highest BCUT2D eigenvalue weighted by atomic mass is 16.6. The van der Waals surface area contributed by atoms with Crippen molar-refractivity contribution in [3.63, 3.8) is 0 Å². The van der Waals surface area contributed by atoms with E-state index in [1.807, 2.05) is 104 Å². The van der Waals surface area contributed by atoms with Crippen LogP contribution in [0.15, 0.2) is 0 Å². The lowest BCUT2D eigenvalue weighted by Gasteiger charge is -2.37. The fourth-order valence-corrected chi connectivity index (χ4v) is 20.4. The Labute approximate surface area is 587 Å². The molecule has 10 saturated carbocycles. The van der Waals surface area contributed by atoms with Gasteiger partial charge in [0.1, 0.15) is 30.5 Å². The van der Waals surface area contributed by atoms with Crippen molar-refractivity contribution in [2.45, 2.75) is 282 Å². The third kappa shape index (κ3) is 14.1. The van der Waals surface area contributed by atoms with Crippen molar-refractivity contribution < 1.29 is 95.3 Å². The van der Waals surface area contributed by atoms with Crippen molar-refractivity contribution >= 4 is 59.7 Å². The summed E-state index contributed by atoms with van der Waals surface area (Å²) in [5.74, 6) is 3.48. The van der Waals surface area contributed by atoms with Gasteiger partial charge in [-0.15, -0.1) is 0 Å². The maximum absolute atomic E-state index is 12.3. The summed E-state index contributed by atoms with van der Waals surface area (Å²) in [5.41, 5.74) is -2.67. The van der Waals surface area contributed by atoms with Crippen LogP contribution in [0, 0.1) is 120 Å². The van der Waals surface area contributed by atoms with Gasteiger partial charge in [-0.05, 0) is 245 Å². The number of carbonyl (C=O) groups excluding carboxylic acids is 10. The lowest BCUT2D eigenvalue weighted by molar-refractivity contribution is -0.169. The Morgan fingerprint density at radius 3 is 1.23 bits per heavy atom. The van der Waals surface area contributed by atoms with E-state index in [0.717, 1.165) is 135 Å². The molecule has 15 rings (SSSR count). The van der Waals surface area contributed by atoms with Crippen molar-refractivity contribution in [3.05, 3.63) is 0 Å². The predicted molar refractivity (Wildman–Crippen MR) is 359 cm³/mol. The zero-order valence-corrected chi connectivity index (χ0v) is 62.3. The van der Waals surface area contributed by atoms with Crippen LogP contribution in [0.25, 0.3) is 0 Å². The van der Waals surface area contributed by atoms with Crippen molar-refractivity contribution in [3.8, 4) is 0 Å². The van der Waals surface area contributed by atoms with Crippen LogP contribution in [0.1, 0.15) is 252 Å². The van der Waals surface area contributed by atoms with Gasteiger partial charge in [-0.1, -0.05) is 34.6 Å². The van der Waals surface area contributed by atoms with Crippen LogP contribution in [0.5, 0.6) is 0 Å². The highest BCUT2D eigenvalue weighted by Gasteiger charge is 2.67. The summed E-state index contributed by atoms with van der Waals surface area (Å²) in [7, 11) is 0. The second-order valence-corrected chi connectivity index (χ2v) is 36.7. The van der Waals surface area contributed by atoms with Gasteiger partial charge in [0, 0.05) is 34.5 Å². The molecule has 4 spiro atoms. The van der Waals surface area contributed by atoms with Crippen molar-refractivity contribution in [2.24, 2.45) is 120 Å². The lowest BCUT2D eigenvalue weighted by atomic mass is 9.71. The molecule has 15 fully saturated rings. The summed E-state index contributed by atoms with van der Waals surface area (Å²) in [6.07, 6.45) is 20.1. The SMILES string of the molecule is CCC(C)(C)C(=O)OC1CC2CC1C1(CCOC1=O)C2.CCC(C)(C)C(=O)OC1CC2CC1C1(COC(=O)C1)C2.CCC(C)(C)C(=O)OC1CC2CC1C1C(=O)OCC21.CCC(C)(C)C(=O)OC1CC2CC1CC21CCOC1=O.CCC(C)(C)C(=O)OC1CC2CC1CC21COC(=O)C1. The summed E-state index contributed by atoms with van der Waals surface area (Å²) in [5, 5.41) is 0. The normalized spacial score (nSPS) is 39.5. The van der Waals surface area contributed by atoms with E-state index >= 15 is 0 Å². The highest BCUT2D eigenvalue weighted by Crippen LogP contribution is 2.65. The zero-order valence-electron chi connectivity index (χ0n) is 62.3. The first-order chi connectivity index (χ1) is 46.4. The minimum atomic E-state index is -0.439. The molecule has 0 aromatic rings. The highest BCUT2D eigenvalue weighted by molar-refractivity contribution is 5.82. The van der Waals surface area contributed by atoms with Crippen LogP contribution in [0.3, 0.4) is 0 Å². The Kier molecular flexibility index (Phi) is 21.0. The molecule has 0 radical (unpaired) electrons. The van der Waals surface area contributed by atoms with Crippen LogP contribution in [-0.4, -0.2) is 123 Å². The fourth-order valence-electron chi connectivity index (χ4n) is 20.4. The number of carbonyl (C=O) groups is 10. The largest absolute Gasteiger partial charge is 0.465 e. The molecule has 10 bridgehead atoms. The van der Waals surface area contributed by atoms with E-state index in [0.29, 0.717) is 99.1 Å². The quantitative estimate of drug-likeness (QED) is 0.109. The van der Waals surface area contributed by atoms with E-state index in [9.17, 15) is 47.9 Å². The predicted octanol–water partition coefficient (Wildman–Crippen LogP) is 13.0. The van der Waals surface area contributed by atoms with Crippen molar-refractivity contribution in [1.29, 1.82) is 0 Å². The standard InChI is InChI=1S/4C16H24O4.C15H22O4/c1-4-15(2,3)14(18)20-12-6-11-5-10(12)7-16(11)8-13(17)19-9-16;1-4-15(2,3)14(18)20-12-6-10-5-11(12)16(7-10)8-13(17)19-9-16;1-4-15(2,3)13(17)20-12-8-11-7-10(12)9-16(11)5-6-19-14(16)18;1-4-15(2,3)13(17)20-12-8-10-7-11(12)16(9-10)5-6-19-14(16)18;1-4-15(2,3)14(17)19-11-6-8-5-9(11)12-10(8)7-18-13(12)16/h4*10-12H,4-9H2,1-3H3;8-12H,4-7H2,1-3H3. The van der Waals surface area contributed by atoms with Gasteiger partial charge in [0.15, 0.2) is 0 Å². The molecule has 0 aromatic heterocycles. The first kappa shape index (κ1) is 74.9. The van der Waals surface area contributed by atoms with Gasteiger partial charge in [0.25, 0.3) is 0 Å². The molecule has 20 nitrogen and oxygen atoms in total. The number of cyclic esters (lactones) is 5. The summed E-state index contributed by atoms with van der Waals surface area (Å²) in [4.78, 5) is 120. The van der Waals surface area contributed by atoms with Crippen molar-refractivity contribution in [2.75, 3.05) is 33.0 Å². The van der Waals surface area contributed by atoms with Crippen LogP contribution in [0.4, 0.5) is 0 Å². The minimum absolute atomic E-state index is 0.0105. The molecule has 99 heavy (non-hydrogen) atoms. The fraction of sp³-hybridized carbons (Fsp3) is 0.873. The minimum Gasteiger partial charge on any atom is -0.465 e. The van der Waals surface area contributed by atoms with E-state index in [1.54, 1.807) is 0 Å². The molecule has 10 aliphatic carbocycles. The zero-order chi connectivity index (χ0) is 72.0. The monoisotopic (exact) mass is 1390 g/mol. The topological polar surface area (TPSA) is 263 Å². The molecule has 554 valence electrons. The summed E-state index contributed by atoms with van der Waals surface area (Å²) in [6, 6.07) is 0. The summed E-state index contributed by atoms with van der Waals surface area (Å²) < 4.78 is 54.8. The summed E-state index contributed by atoms with van der Waals surface area (Å²) >= 11 is 0. The second kappa shape index (κ2) is 27.7. The lowest BCUT2D eigenvalue weighted by Crippen LogP contribution is -2.42. The van der Waals surface area contributed by atoms with Gasteiger partial charge in [-0.25, -0.2) is 0 Å². The molecule has 21 atom stereocenters. The Morgan fingerprint density at radius 2 is 0.818 bits per heavy atom. The average Bonchev–Trinajstić information content (AvgIpc) is 1.61. The van der Waals surface area contributed by atoms with Gasteiger partial charge in [0.05, 0.1) is 89.7 Å². The first-order valence-electron chi connectivity index (χ1n) is 38.3. The third-order valence-corrected chi connectivity index (χ3v) is 28.9. The maximum Gasteiger partial charge on any atom is 0.312 e. The second-order valence-electron chi connectivity index (χ2n) is 36.7. The molecule has 5 heterocycles. The molecule has 5 aliphatic heterocycles.